The monoisotopic (exact) mass is 139 g/mol. The van der Waals surface area contributed by atoms with Crippen LogP contribution in [0.2, 0.25) is 0 Å². The van der Waals surface area contributed by atoms with E-state index in [0.29, 0.717) is 0 Å². The molecule has 0 radical (unpaired) electrons. The number of hydrogen-bond donors (Lipinski definition) is 0. The van der Waals surface area contributed by atoms with Gasteiger partial charge < -0.3 is 0 Å². The molecule has 1 aliphatic rings. The maximum Gasteiger partial charge on any atom is 0.0253 e. The third-order valence-electron chi connectivity index (χ3n) is 1.30. The Balaban J connectivity index is 0.000000371. The van der Waals surface area contributed by atoms with E-state index in [-0.39, 0.29) is 0 Å². The molecule has 0 aromatic heterocycles. The molecular formula is C9H17N. The zero-order chi connectivity index (χ0) is 7.82. The lowest BCUT2D eigenvalue weighted by Gasteiger charge is -1.90. The van der Waals surface area contributed by atoms with Gasteiger partial charge in [0.15, 0.2) is 0 Å². The molecule has 0 aliphatic carbocycles. The summed E-state index contributed by atoms with van der Waals surface area (Å²) in [6.07, 6.45) is 7.57. The summed E-state index contributed by atoms with van der Waals surface area (Å²) in [5.41, 5.74) is 1.40. The predicted molar refractivity (Wildman–Crippen MR) is 47.4 cm³/mol. The van der Waals surface area contributed by atoms with E-state index in [1.807, 2.05) is 26.3 Å². The van der Waals surface area contributed by atoms with Crippen LogP contribution in [-0.2, 0) is 0 Å². The van der Waals surface area contributed by atoms with Crippen LogP contribution in [-0.4, -0.2) is 6.21 Å². The van der Waals surface area contributed by atoms with E-state index in [4.69, 9.17) is 0 Å². The van der Waals surface area contributed by atoms with Crippen LogP contribution in [0.1, 0.15) is 40.0 Å². The van der Waals surface area contributed by atoms with E-state index in [9.17, 15) is 0 Å². The quantitative estimate of drug-likeness (QED) is 0.489. The highest BCUT2D eigenvalue weighted by molar-refractivity contribution is 5.58. The van der Waals surface area contributed by atoms with Gasteiger partial charge in [0.1, 0.15) is 0 Å². The molecular weight excluding hydrogens is 122 g/mol. The smallest absolute Gasteiger partial charge is 0.0253 e. The summed E-state index contributed by atoms with van der Waals surface area (Å²) >= 11 is 0. The van der Waals surface area contributed by atoms with Crippen LogP contribution in [0.3, 0.4) is 0 Å². The molecule has 0 aromatic carbocycles. The highest BCUT2D eigenvalue weighted by Gasteiger charge is 1.91. The van der Waals surface area contributed by atoms with E-state index in [2.05, 4.69) is 11.9 Å². The van der Waals surface area contributed by atoms with Crippen molar-refractivity contribution < 1.29 is 0 Å². The minimum absolute atomic E-state index is 1.15. The van der Waals surface area contributed by atoms with Crippen LogP contribution in [0.25, 0.3) is 0 Å². The lowest BCUT2D eigenvalue weighted by Crippen LogP contribution is -1.73. The van der Waals surface area contributed by atoms with Crippen molar-refractivity contribution in [3.63, 3.8) is 0 Å². The maximum atomic E-state index is 4.06. The fraction of sp³-hybridized carbons (Fsp3) is 0.667. The topological polar surface area (TPSA) is 12.4 Å². The van der Waals surface area contributed by atoms with Crippen molar-refractivity contribution in [1.82, 2.24) is 0 Å². The molecule has 0 bridgehead atoms. The van der Waals surface area contributed by atoms with Crippen molar-refractivity contribution in [2.24, 2.45) is 4.99 Å². The van der Waals surface area contributed by atoms with Gasteiger partial charge >= 0.3 is 0 Å². The summed E-state index contributed by atoms with van der Waals surface area (Å²) in [5, 5.41) is 0. The largest absolute Gasteiger partial charge is 0.269 e. The molecule has 1 aliphatic heterocycles. The first-order chi connectivity index (χ1) is 4.89. The molecule has 0 aromatic rings. The van der Waals surface area contributed by atoms with E-state index in [0.717, 1.165) is 6.42 Å². The zero-order valence-electron chi connectivity index (χ0n) is 7.22. The van der Waals surface area contributed by atoms with Gasteiger partial charge in [-0.05, 0) is 26.2 Å². The van der Waals surface area contributed by atoms with Gasteiger partial charge in [0.05, 0.1) is 0 Å². The Labute approximate surface area is 63.9 Å². The fourth-order valence-electron chi connectivity index (χ4n) is 0.791. The lowest BCUT2D eigenvalue weighted by atomic mass is 10.2. The molecule has 0 spiro atoms. The normalized spacial score (nSPS) is 16.5. The Kier molecular flexibility index (Phi) is 6.14. The highest BCUT2D eigenvalue weighted by atomic mass is 14.7. The van der Waals surface area contributed by atoms with E-state index >= 15 is 0 Å². The van der Waals surface area contributed by atoms with Crippen LogP contribution >= 0.6 is 0 Å². The van der Waals surface area contributed by atoms with E-state index < -0.39 is 0 Å². The van der Waals surface area contributed by atoms with Crippen molar-refractivity contribution in [2.75, 3.05) is 0 Å². The zero-order valence-corrected chi connectivity index (χ0v) is 7.22. The molecule has 0 N–H and O–H groups in total. The van der Waals surface area contributed by atoms with Gasteiger partial charge in [0.2, 0.25) is 0 Å². The Bertz CT molecular complexity index is 123. The van der Waals surface area contributed by atoms with Gasteiger partial charge in [-0.25, -0.2) is 0 Å². The van der Waals surface area contributed by atoms with E-state index in [1.165, 1.54) is 18.4 Å². The van der Waals surface area contributed by atoms with Crippen LogP contribution in [0.15, 0.2) is 16.8 Å². The minimum Gasteiger partial charge on any atom is -0.269 e. The first-order valence-corrected chi connectivity index (χ1v) is 4.07. The van der Waals surface area contributed by atoms with Crippen molar-refractivity contribution in [1.29, 1.82) is 0 Å². The van der Waals surface area contributed by atoms with Crippen molar-refractivity contribution in [2.45, 2.75) is 40.0 Å². The molecule has 0 atom stereocenters. The SMILES string of the molecule is CC.CC1=CN=CCCC1. The summed E-state index contributed by atoms with van der Waals surface area (Å²) in [4.78, 5) is 4.06. The molecule has 0 amide bonds. The second kappa shape index (κ2) is 6.53. The molecule has 1 heteroatoms. The van der Waals surface area contributed by atoms with Crippen molar-refractivity contribution >= 4 is 6.21 Å². The van der Waals surface area contributed by atoms with Crippen LogP contribution in [0.4, 0.5) is 0 Å². The number of hydrogen-bond acceptors (Lipinski definition) is 1. The van der Waals surface area contributed by atoms with Crippen LogP contribution in [0, 0.1) is 0 Å². The van der Waals surface area contributed by atoms with Gasteiger partial charge in [-0.2, -0.15) is 0 Å². The van der Waals surface area contributed by atoms with Gasteiger partial charge in [0, 0.05) is 12.4 Å². The maximum absolute atomic E-state index is 4.06. The first kappa shape index (κ1) is 9.41. The summed E-state index contributed by atoms with van der Waals surface area (Å²) in [6.45, 7) is 6.13. The average molecular weight is 139 g/mol. The number of nitrogens with zero attached hydrogens (tertiary/aromatic N) is 1. The first-order valence-electron chi connectivity index (χ1n) is 4.07. The standard InChI is InChI=1S/C7H11N.C2H6/c1-7-4-2-3-5-8-6-7;1-2/h5-6H,2-4H2,1H3;1-2H3. The summed E-state index contributed by atoms with van der Waals surface area (Å²) in [7, 11) is 0. The minimum atomic E-state index is 1.15. The van der Waals surface area contributed by atoms with Crippen molar-refractivity contribution in [3.8, 4) is 0 Å². The molecule has 58 valence electrons. The van der Waals surface area contributed by atoms with Crippen LogP contribution < -0.4 is 0 Å². The van der Waals surface area contributed by atoms with Gasteiger partial charge in [-0.1, -0.05) is 19.4 Å². The Morgan fingerprint density at radius 3 is 2.80 bits per heavy atom. The third-order valence-corrected chi connectivity index (χ3v) is 1.30. The molecule has 1 nitrogen and oxygen atoms in total. The average Bonchev–Trinajstić information content (AvgIpc) is 2.21. The summed E-state index contributed by atoms with van der Waals surface area (Å²) in [5.74, 6) is 0. The van der Waals surface area contributed by atoms with Crippen molar-refractivity contribution in [3.05, 3.63) is 11.8 Å². The predicted octanol–water partition coefficient (Wildman–Crippen LogP) is 3.17. The third kappa shape index (κ3) is 4.30. The van der Waals surface area contributed by atoms with Crippen LogP contribution in [0.5, 0.6) is 0 Å². The molecule has 0 saturated heterocycles. The number of allylic oxidation sites excluding steroid dienone is 1. The second-order valence-corrected chi connectivity index (χ2v) is 2.20. The molecule has 10 heavy (non-hydrogen) atoms. The Hall–Kier alpha value is -0.590. The summed E-state index contributed by atoms with van der Waals surface area (Å²) in [6, 6.07) is 0. The molecule has 0 unspecified atom stereocenters. The Morgan fingerprint density at radius 2 is 2.10 bits per heavy atom. The fourth-order valence-corrected chi connectivity index (χ4v) is 0.791. The number of rotatable bonds is 0. The number of aliphatic imine (C=N–C) groups is 1. The highest BCUT2D eigenvalue weighted by Crippen LogP contribution is 2.07. The summed E-state index contributed by atoms with van der Waals surface area (Å²) < 4.78 is 0. The molecule has 1 heterocycles. The van der Waals surface area contributed by atoms with Gasteiger partial charge in [-0.15, -0.1) is 0 Å². The molecule has 0 fully saturated rings. The van der Waals surface area contributed by atoms with Gasteiger partial charge in [-0.3, -0.25) is 4.99 Å². The Morgan fingerprint density at radius 1 is 1.40 bits per heavy atom. The molecule has 1 rings (SSSR count). The lowest BCUT2D eigenvalue weighted by molar-refractivity contribution is 0.870. The van der Waals surface area contributed by atoms with Gasteiger partial charge in [0.25, 0.3) is 0 Å². The van der Waals surface area contributed by atoms with E-state index in [1.54, 1.807) is 0 Å². The second-order valence-electron chi connectivity index (χ2n) is 2.20. The molecule has 0 saturated carbocycles.